The van der Waals surface area contributed by atoms with Crippen LogP contribution in [-0.4, -0.2) is 62.3 Å². The first kappa shape index (κ1) is 19.0. The molecule has 1 atom stereocenters. The lowest BCUT2D eigenvalue weighted by Crippen LogP contribution is -2.40. The highest BCUT2D eigenvalue weighted by atomic mass is 16.5. The maximum Gasteiger partial charge on any atom is 0.343 e. The lowest BCUT2D eigenvalue weighted by atomic mass is 9.98. The third kappa shape index (κ3) is 4.58. The Kier molecular flexibility index (Phi) is 6.55. The molecule has 0 bridgehead atoms. The third-order valence-electron chi connectivity index (χ3n) is 4.00. The number of rotatable bonds is 6. The molecular formula is C17H26N4O4. The highest BCUT2D eigenvalue weighted by Crippen LogP contribution is 2.24. The van der Waals surface area contributed by atoms with E-state index in [1.54, 1.807) is 18.7 Å². The van der Waals surface area contributed by atoms with Gasteiger partial charge in [-0.1, -0.05) is 0 Å². The Balaban J connectivity index is 2.22. The molecule has 0 aromatic carbocycles. The Morgan fingerprint density at radius 1 is 1.28 bits per heavy atom. The second-order valence-corrected chi connectivity index (χ2v) is 6.06. The number of carbonyl (C=O) groups is 2. The van der Waals surface area contributed by atoms with Crippen LogP contribution in [0.2, 0.25) is 0 Å². The summed E-state index contributed by atoms with van der Waals surface area (Å²) in [6.45, 7) is 5.52. The lowest BCUT2D eigenvalue weighted by Gasteiger charge is -2.32. The SMILES string of the molecule is CCOC(=O)c1cnc(N2CCCC(C(=O)OCC)C2)nc1N(C)C. The van der Waals surface area contributed by atoms with E-state index in [2.05, 4.69) is 9.97 Å². The number of aromatic nitrogens is 2. The molecule has 1 aromatic heterocycles. The molecule has 2 rings (SSSR count). The fourth-order valence-electron chi connectivity index (χ4n) is 2.82. The number of carbonyl (C=O) groups excluding carboxylic acids is 2. The number of piperidine rings is 1. The van der Waals surface area contributed by atoms with Gasteiger partial charge in [-0.25, -0.2) is 9.78 Å². The molecule has 2 heterocycles. The van der Waals surface area contributed by atoms with Crippen LogP contribution in [0.3, 0.4) is 0 Å². The fourth-order valence-corrected chi connectivity index (χ4v) is 2.82. The van der Waals surface area contributed by atoms with Crippen LogP contribution >= 0.6 is 0 Å². The van der Waals surface area contributed by atoms with E-state index < -0.39 is 5.97 Å². The van der Waals surface area contributed by atoms with Gasteiger partial charge in [-0.3, -0.25) is 4.79 Å². The summed E-state index contributed by atoms with van der Waals surface area (Å²) in [6, 6.07) is 0. The molecule has 1 fully saturated rings. The van der Waals surface area contributed by atoms with Crippen molar-refractivity contribution in [2.75, 3.05) is 50.2 Å². The largest absolute Gasteiger partial charge is 0.466 e. The Bertz CT molecular complexity index is 621. The second kappa shape index (κ2) is 8.64. The van der Waals surface area contributed by atoms with Gasteiger partial charge < -0.3 is 19.3 Å². The summed E-state index contributed by atoms with van der Waals surface area (Å²) in [7, 11) is 3.62. The van der Waals surface area contributed by atoms with E-state index in [-0.39, 0.29) is 11.9 Å². The van der Waals surface area contributed by atoms with E-state index in [0.29, 0.717) is 37.1 Å². The van der Waals surface area contributed by atoms with Crippen LogP contribution in [0, 0.1) is 5.92 Å². The van der Waals surface area contributed by atoms with Gasteiger partial charge in [0.25, 0.3) is 0 Å². The topological polar surface area (TPSA) is 84.9 Å². The Morgan fingerprint density at radius 3 is 2.64 bits per heavy atom. The van der Waals surface area contributed by atoms with E-state index >= 15 is 0 Å². The maximum absolute atomic E-state index is 12.1. The van der Waals surface area contributed by atoms with Crippen LogP contribution in [0.1, 0.15) is 37.0 Å². The van der Waals surface area contributed by atoms with Gasteiger partial charge in [-0.2, -0.15) is 4.98 Å². The lowest BCUT2D eigenvalue weighted by molar-refractivity contribution is -0.148. The molecule has 0 saturated carbocycles. The van der Waals surface area contributed by atoms with Gasteiger partial charge in [0.1, 0.15) is 11.4 Å². The summed E-state index contributed by atoms with van der Waals surface area (Å²) in [5.41, 5.74) is 0.328. The minimum atomic E-state index is -0.444. The first-order valence-electron chi connectivity index (χ1n) is 8.61. The molecule has 1 aromatic rings. The number of hydrogen-bond acceptors (Lipinski definition) is 8. The summed E-state index contributed by atoms with van der Waals surface area (Å²) < 4.78 is 10.2. The van der Waals surface area contributed by atoms with Gasteiger partial charge in [-0.15, -0.1) is 0 Å². The summed E-state index contributed by atoms with van der Waals surface area (Å²) in [4.78, 5) is 36.6. The average Bonchev–Trinajstić information content (AvgIpc) is 2.61. The molecule has 138 valence electrons. The van der Waals surface area contributed by atoms with Gasteiger partial charge >= 0.3 is 11.9 Å². The van der Waals surface area contributed by atoms with Gasteiger partial charge in [0.05, 0.1) is 19.1 Å². The van der Waals surface area contributed by atoms with E-state index in [0.717, 1.165) is 19.4 Å². The second-order valence-electron chi connectivity index (χ2n) is 6.06. The molecular weight excluding hydrogens is 324 g/mol. The molecule has 1 unspecified atom stereocenters. The summed E-state index contributed by atoms with van der Waals surface area (Å²) in [5.74, 6) is 0.210. The van der Waals surface area contributed by atoms with E-state index in [1.165, 1.54) is 6.20 Å². The van der Waals surface area contributed by atoms with Crippen molar-refractivity contribution >= 4 is 23.7 Å². The monoisotopic (exact) mass is 350 g/mol. The zero-order valence-corrected chi connectivity index (χ0v) is 15.3. The Labute approximate surface area is 148 Å². The highest BCUT2D eigenvalue weighted by molar-refractivity contribution is 5.94. The maximum atomic E-state index is 12.1. The third-order valence-corrected chi connectivity index (χ3v) is 4.00. The molecule has 1 aliphatic heterocycles. The number of ether oxygens (including phenoxy) is 2. The predicted molar refractivity (Wildman–Crippen MR) is 93.9 cm³/mol. The van der Waals surface area contributed by atoms with Crippen LogP contribution in [0.5, 0.6) is 0 Å². The van der Waals surface area contributed by atoms with Crippen LogP contribution in [0.15, 0.2) is 6.20 Å². The predicted octanol–water partition coefficient (Wildman–Crippen LogP) is 1.50. The van der Waals surface area contributed by atoms with Gasteiger partial charge in [0, 0.05) is 33.4 Å². The molecule has 8 heteroatoms. The summed E-state index contributed by atoms with van der Waals surface area (Å²) in [6.07, 6.45) is 3.16. The highest BCUT2D eigenvalue weighted by Gasteiger charge is 2.29. The van der Waals surface area contributed by atoms with E-state index in [9.17, 15) is 9.59 Å². The Hall–Kier alpha value is -2.38. The van der Waals surface area contributed by atoms with Crippen LogP contribution < -0.4 is 9.80 Å². The van der Waals surface area contributed by atoms with Crippen molar-refractivity contribution in [1.82, 2.24) is 9.97 Å². The molecule has 8 nitrogen and oxygen atoms in total. The molecule has 0 amide bonds. The smallest absolute Gasteiger partial charge is 0.343 e. The van der Waals surface area contributed by atoms with E-state index in [4.69, 9.17) is 9.47 Å². The van der Waals surface area contributed by atoms with Crippen molar-refractivity contribution in [2.24, 2.45) is 5.92 Å². The van der Waals surface area contributed by atoms with Gasteiger partial charge in [0.2, 0.25) is 5.95 Å². The van der Waals surface area contributed by atoms with Crippen LogP contribution in [0.4, 0.5) is 11.8 Å². The molecule has 0 aliphatic carbocycles. The standard InChI is InChI=1S/C17H26N4O4/c1-5-24-15(22)12-8-7-9-21(11-12)17-18-10-13(16(23)25-6-2)14(19-17)20(3)4/h10,12H,5-9,11H2,1-4H3. The minimum Gasteiger partial charge on any atom is -0.466 e. The molecule has 25 heavy (non-hydrogen) atoms. The minimum absolute atomic E-state index is 0.176. The zero-order chi connectivity index (χ0) is 18.4. The van der Waals surface area contributed by atoms with Gasteiger partial charge in [0.15, 0.2) is 0 Å². The first-order chi connectivity index (χ1) is 12.0. The van der Waals surface area contributed by atoms with Crippen molar-refractivity contribution in [3.63, 3.8) is 0 Å². The summed E-state index contributed by atoms with van der Waals surface area (Å²) >= 11 is 0. The Morgan fingerprint density at radius 2 is 2.00 bits per heavy atom. The van der Waals surface area contributed by atoms with Crippen molar-refractivity contribution in [3.8, 4) is 0 Å². The number of esters is 2. The van der Waals surface area contributed by atoms with Crippen LogP contribution in [0.25, 0.3) is 0 Å². The quantitative estimate of drug-likeness (QED) is 0.714. The van der Waals surface area contributed by atoms with Crippen LogP contribution in [-0.2, 0) is 14.3 Å². The fraction of sp³-hybridized carbons (Fsp3) is 0.647. The molecule has 0 radical (unpaired) electrons. The average molecular weight is 350 g/mol. The number of hydrogen-bond donors (Lipinski definition) is 0. The summed E-state index contributed by atoms with van der Waals surface area (Å²) in [5, 5.41) is 0. The van der Waals surface area contributed by atoms with Crippen molar-refractivity contribution in [2.45, 2.75) is 26.7 Å². The first-order valence-corrected chi connectivity index (χ1v) is 8.61. The normalized spacial score (nSPS) is 17.1. The molecule has 0 N–H and O–H groups in total. The van der Waals surface area contributed by atoms with E-state index in [1.807, 2.05) is 19.0 Å². The van der Waals surface area contributed by atoms with Gasteiger partial charge in [-0.05, 0) is 26.7 Å². The van der Waals surface area contributed by atoms with Crippen molar-refractivity contribution < 1.29 is 19.1 Å². The molecule has 0 spiro atoms. The van der Waals surface area contributed by atoms with Crippen molar-refractivity contribution in [1.29, 1.82) is 0 Å². The van der Waals surface area contributed by atoms with Crippen molar-refractivity contribution in [3.05, 3.63) is 11.8 Å². The molecule has 1 saturated heterocycles. The number of nitrogens with zero attached hydrogens (tertiary/aromatic N) is 4. The zero-order valence-electron chi connectivity index (χ0n) is 15.3. The number of anilines is 2. The molecule has 1 aliphatic rings.